The molecule has 2 heterocycles. The van der Waals surface area contributed by atoms with Gasteiger partial charge in [-0.2, -0.15) is 4.37 Å². The van der Waals surface area contributed by atoms with Crippen LogP contribution in [0.2, 0.25) is 0 Å². The number of hydrogen-bond acceptors (Lipinski definition) is 6. The average Bonchev–Trinajstić information content (AvgIpc) is 3.23. The lowest BCUT2D eigenvalue weighted by molar-refractivity contribution is 0.262. The van der Waals surface area contributed by atoms with Gasteiger partial charge in [-0.1, -0.05) is 48.5 Å². The van der Waals surface area contributed by atoms with Crippen molar-refractivity contribution in [1.29, 1.82) is 0 Å². The Bertz CT molecular complexity index is 1310. The Morgan fingerprint density at radius 2 is 1.58 bits per heavy atom. The van der Waals surface area contributed by atoms with Gasteiger partial charge in [0.25, 0.3) is 0 Å². The molecular weight excluding hydrogens is 428 g/mol. The molecule has 6 nitrogen and oxygen atoms in total. The fourth-order valence-corrected chi connectivity index (χ4v) is 6.17. The molecule has 0 amide bonds. The van der Waals surface area contributed by atoms with Crippen molar-refractivity contribution < 1.29 is 8.42 Å². The summed E-state index contributed by atoms with van der Waals surface area (Å²) in [6.45, 7) is 4.65. The van der Waals surface area contributed by atoms with Crippen LogP contribution in [0.4, 0.5) is 5.82 Å². The molecule has 0 spiro atoms. The third-order valence-electron chi connectivity index (χ3n) is 5.79. The second-order valence-corrected chi connectivity index (χ2v) is 10.2. The monoisotopic (exact) mass is 452 g/mol. The average molecular weight is 453 g/mol. The number of piperazine rings is 1. The number of nitrogens with one attached hydrogen (secondary N) is 1. The third-order valence-corrected chi connectivity index (χ3v) is 8.13. The Morgan fingerprint density at radius 1 is 0.871 bits per heavy atom. The van der Waals surface area contributed by atoms with E-state index >= 15 is 0 Å². The lowest BCUT2D eigenvalue weighted by Gasteiger charge is -2.35. The highest BCUT2D eigenvalue weighted by Crippen LogP contribution is 2.29. The van der Waals surface area contributed by atoms with Crippen LogP contribution in [-0.4, -0.2) is 57.0 Å². The van der Waals surface area contributed by atoms with Crippen LogP contribution in [0.3, 0.4) is 0 Å². The molecule has 0 unspecified atom stereocenters. The minimum atomic E-state index is -3.55. The molecule has 8 heteroatoms. The molecular formula is C23H24N4O2S2. The summed E-state index contributed by atoms with van der Waals surface area (Å²) in [4.78, 5) is 4.97. The summed E-state index contributed by atoms with van der Waals surface area (Å²) in [6, 6.07) is 21.3. The van der Waals surface area contributed by atoms with Crippen molar-refractivity contribution in [3.63, 3.8) is 0 Å². The molecule has 1 N–H and O–H groups in total. The zero-order valence-electron chi connectivity index (χ0n) is 17.1. The summed E-state index contributed by atoms with van der Waals surface area (Å²) in [7, 11) is -3.55. The number of benzene rings is 3. The Kier molecular flexibility index (Phi) is 5.62. The number of fused-ring (bicyclic) bond motifs is 2. The molecule has 3 aromatic carbocycles. The summed E-state index contributed by atoms with van der Waals surface area (Å²) >= 11 is 1.54. The molecule has 31 heavy (non-hydrogen) atoms. The van der Waals surface area contributed by atoms with E-state index in [1.807, 2.05) is 36.4 Å². The smallest absolute Gasteiger partial charge is 0.241 e. The van der Waals surface area contributed by atoms with Crippen LogP contribution in [0.15, 0.2) is 71.6 Å². The largest absolute Gasteiger partial charge is 0.353 e. The summed E-state index contributed by atoms with van der Waals surface area (Å²) in [5, 5.41) is 2.89. The van der Waals surface area contributed by atoms with Gasteiger partial charge in [-0.05, 0) is 35.1 Å². The van der Waals surface area contributed by atoms with Crippen LogP contribution < -0.4 is 9.62 Å². The van der Waals surface area contributed by atoms with Gasteiger partial charge in [-0.15, -0.1) is 0 Å². The quantitative estimate of drug-likeness (QED) is 0.485. The van der Waals surface area contributed by atoms with Crippen LogP contribution in [0.1, 0.15) is 0 Å². The first-order valence-electron chi connectivity index (χ1n) is 10.4. The molecule has 4 aromatic rings. The van der Waals surface area contributed by atoms with Gasteiger partial charge in [-0.3, -0.25) is 4.90 Å². The van der Waals surface area contributed by atoms with Gasteiger partial charge in [0.05, 0.1) is 9.60 Å². The van der Waals surface area contributed by atoms with Crippen molar-refractivity contribution in [2.45, 2.75) is 4.90 Å². The van der Waals surface area contributed by atoms with E-state index < -0.39 is 10.0 Å². The summed E-state index contributed by atoms with van der Waals surface area (Å²) in [5.41, 5.74) is 0. The molecule has 1 aromatic heterocycles. The fourth-order valence-electron chi connectivity index (χ4n) is 4.13. The van der Waals surface area contributed by atoms with Gasteiger partial charge in [0, 0.05) is 50.0 Å². The lowest BCUT2D eigenvalue weighted by Crippen LogP contribution is -2.48. The van der Waals surface area contributed by atoms with Crippen LogP contribution in [-0.2, 0) is 10.0 Å². The van der Waals surface area contributed by atoms with E-state index in [2.05, 4.69) is 37.1 Å². The molecule has 1 aliphatic rings. The standard InChI is InChI=1S/C23H24N4O2S2/c28-31(29,22-11-5-7-18-6-1-2-8-19(18)22)24-12-13-26-14-16-27(17-15-26)23-20-9-3-4-10-21(20)30-25-23/h1-11,24H,12-17H2. The fraction of sp³-hybridized carbons (Fsp3) is 0.261. The molecule has 0 bridgehead atoms. The third kappa shape index (κ3) is 4.16. The van der Waals surface area contributed by atoms with Gasteiger partial charge in [0.2, 0.25) is 10.0 Å². The van der Waals surface area contributed by atoms with E-state index in [0.717, 1.165) is 42.8 Å². The van der Waals surface area contributed by atoms with Crippen molar-refractivity contribution in [2.75, 3.05) is 44.2 Å². The van der Waals surface area contributed by atoms with Gasteiger partial charge < -0.3 is 4.90 Å². The van der Waals surface area contributed by atoms with E-state index in [-0.39, 0.29) is 0 Å². The van der Waals surface area contributed by atoms with Crippen molar-refractivity contribution >= 4 is 48.2 Å². The molecule has 0 radical (unpaired) electrons. The highest BCUT2D eigenvalue weighted by atomic mass is 32.2. The van der Waals surface area contributed by atoms with Crippen LogP contribution in [0, 0.1) is 0 Å². The minimum absolute atomic E-state index is 0.339. The zero-order valence-corrected chi connectivity index (χ0v) is 18.7. The summed E-state index contributed by atoms with van der Waals surface area (Å²) in [6.07, 6.45) is 0. The van der Waals surface area contributed by atoms with E-state index in [1.165, 1.54) is 10.1 Å². The highest BCUT2D eigenvalue weighted by Gasteiger charge is 2.22. The van der Waals surface area contributed by atoms with Crippen LogP contribution >= 0.6 is 11.5 Å². The van der Waals surface area contributed by atoms with E-state index in [1.54, 1.807) is 23.7 Å². The Balaban J connectivity index is 1.18. The zero-order chi connectivity index (χ0) is 21.3. The number of nitrogens with zero attached hydrogens (tertiary/aromatic N) is 3. The van der Waals surface area contributed by atoms with Gasteiger partial charge >= 0.3 is 0 Å². The molecule has 160 valence electrons. The molecule has 5 rings (SSSR count). The van der Waals surface area contributed by atoms with Crippen molar-refractivity contribution in [2.24, 2.45) is 0 Å². The molecule has 1 fully saturated rings. The van der Waals surface area contributed by atoms with Gasteiger partial charge in [0.15, 0.2) is 0 Å². The highest BCUT2D eigenvalue weighted by molar-refractivity contribution is 7.89. The van der Waals surface area contributed by atoms with Gasteiger partial charge in [0.1, 0.15) is 5.82 Å². The SMILES string of the molecule is O=S(=O)(NCCN1CCN(c2nsc3ccccc23)CC1)c1cccc2ccccc12. The van der Waals surface area contributed by atoms with E-state index in [0.29, 0.717) is 18.0 Å². The normalized spacial score (nSPS) is 15.7. The minimum Gasteiger partial charge on any atom is -0.353 e. The van der Waals surface area contributed by atoms with E-state index in [4.69, 9.17) is 0 Å². The molecule has 1 saturated heterocycles. The number of hydrogen-bond donors (Lipinski definition) is 1. The Labute approximate surface area is 186 Å². The number of anilines is 1. The maximum absolute atomic E-state index is 12.9. The first-order chi connectivity index (χ1) is 15.1. The summed E-state index contributed by atoms with van der Waals surface area (Å²) in [5.74, 6) is 1.07. The maximum Gasteiger partial charge on any atom is 0.241 e. The Hall–Kier alpha value is -2.52. The Morgan fingerprint density at radius 3 is 2.42 bits per heavy atom. The van der Waals surface area contributed by atoms with Crippen molar-refractivity contribution in [3.05, 3.63) is 66.7 Å². The topological polar surface area (TPSA) is 65.5 Å². The second-order valence-electron chi connectivity index (χ2n) is 7.71. The van der Waals surface area contributed by atoms with Crippen molar-refractivity contribution in [3.8, 4) is 0 Å². The first-order valence-corrected chi connectivity index (χ1v) is 12.7. The predicted molar refractivity (Wildman–Crippen MR) is 127 cm³/mol. The first kappa shape index (κ1) is 20.4. The molecule has 0 saturated carbocycles. The van der Waals surface area contributed by atoms with Crippen molar-refractivity contribution in [1.82, 2.24) is 14.0 Å². The van der Waals surface area contributed by atoms with Crippen LogP contribution in [0.25, 0.3) is 20.9 Å². The molecule has 1 aliphatic heterocycles. The molecule has 0 aliphatic carbocycles. The lowest BCUT2D eigenvalue weighted by atomic mass is 10.1. The van der Waals surface area contributed by atoms with Crippen LogP contribution in [0.5, 0.6) is 0 Å². The predicted octanol–water partition coefficient (Wildman–Crippen LogP) is 3.55. The summed E-state index contributed by atoms with van der Waals surface area (Å²) < 4.78 is 34.4. The maximum atomic E-state index is 12.9. The second kappa shape index (κ2) is 8.55. The number of sulfonamides is 1. The van der Waals surface area contributed by atoms with Gasteiger partial charge in [-0.25, -0.2) is 13.1 Å². The number of aromatic nitrogens is 1. The molecule has 0 atom stereocenters. The van der Waals surface area contributed by atoms with E-state index in [9.17, 15) is 8.42 Å². The number of rotatable bonds is 6.